The quantitative estimate of drug-likeness (QED) is 0.798. The third-order valence-electron chi connectivity index (χ3n) is 3.00. The average molecular weight is 283 g/mol. The molecule has 0 aromatic carbocycles. The van der Waals surface area contributed by atoms with E-state index in [1.165, 1.54) is 0 Å². The van der Waals surface area contributed by atoms with Crippen molar-refractivity contribution in [2.45, 2.75) is 12.8 Å². The van der Waals surface area contributed by atoms with E-state index in [9.17, 15) is 4.79 Å². The molecular weight excluding hydrogens is 268 g/mol. The lowest BCUT2D eigenvalue weighted by atomic mass is 10.1. The van der Waals surface area contributed by atoms with E-state index in [0.29, 0.717) is 11.5 Å². The molecule has 1 amide bonds. The number of hydrogen-bond donors (Lipinski definition) is 0. The summed E-state index contributed by atoms with van der Waals surface area (Å²) < 4.78 is 0. The molecule has 1 fully saturated rings. The van der Waals surface area contributed by atoms with Gasteiger partial charge in [0, 0.05) is 30.8 Å². The first-order valence-corrected chi connectivity index (χ1v) is 6.68. The van der Waals surface area contributed by atoms with Crippen LogP contribution in [0.25, 0.3) is 0 Å². The van der Waals surface area contributed by atoms with Crippen LogP contribution in [0.4, 0.5) is 0 Å². The van der Waals surface area contributed by atoms with Gasteiger partial charge in [-0.2, -0.15) is 0 Å². The standard InChI is InChI=1S/C12H15BrN2O/c13-5-3-10-4-7-15(9-10)12(16)11-2-1-6-14-8-11/h1-2,6,8,10H,3-5,7,9H2. The van der Waals surface area contributed by atoms with Crippen LogP contribution in [0.15, 0.2) is 24.5 Å². The predicted molar refractivity (Wildman–Crippen MR) is 66.7 cm³/mol. The monoisotopic (exact) mass is 282 g/mol. The maximum Gasteiger partial charge on any atom is 0.255 e. The molecule has 0 bridgehead atoms. The maximum atomic E-state index is 12.1. The molecule has 1 aromatic rings. The van der Waals surface area contributed by atoms with Gasteiger partial charge in [-0.3, -0.25) is 9.78 Å². The van der Waals surface area contributed by atoms with Gasteiger partial charge >= 0.3 is 0 Å². The minimum atomic E-state index is 0.116. The lowest BCUT2D eigenvalue weighted by molar-refractivity contribution is 0.0786. The van der Waals surface area contributed by atoms with Crippen molar-refractivity contribution in [1.82, 2.24) is 9.88 Å². The van der Waals surface area contributed by atoms with Gasteiger partial charge in [0.05, 0.1) is 5.56 Å². The fourth-order valence-electron chi connectivity index (χ4n) is 2.08. The molecule has 1 aliphatic heterocycles. The molecular formula is C12H15BrN2O. The van der Waals surface area contributed by atoms with E-state index in [-0.39, 0.29) is 5.91 Å². The number of nitrogens with zero attached hydrogens (tertiary/aromatic N) is 2. The van der Waals surface area contributed by atoms with Gasteiger partial charge < -0.3 is 4.90 Å². The number of alkyl halides is 1. The maximum absolute atomic E-state index is 12.1. The van der Waals surface area contributed by atoms with Gasteiger partial charge in [0.2, 0.25) is 0 Å². The summed E-state index contributed by atoms with van der Waals surface area (Å²) in [5.74, 6) is 0.769. The largest absolute Gasteiger partial charge is 0.338 e. The Morgan fingerprint density at radius 2 is 2.50 bits per heavy atom. The van der Waals surface area contributed by atoms with Crippen molar-refractivity contribution in [2.24, 2.45) is 5.92 Å². The van der Waals surface area contributed by atoms with Crippen LogP contribution < -0.4 is 0 Å². The molecule has 0 radical (unpaired) electrons. The molecule has 4 heteroatoms. The molecule has 1 unspecified atom stereocenters. The molecule has 2 rings (SSSR count). The number of likely N-dealkylation sites (tertiary alicyclic amines) is 1. The van der Waals surface area contributed by atoms with Crippen LogP contribution in [-0.4, -0.2) is 34.2 Å². The molecule has 0 saturated carbocycles. The van der Waals surface area contributed by atoms with Gasteiger partial charge in [-0.15, -0.1) is 0 Å². The summed E-state index contributed by atoms with van der Waals surface area (Å²) in [5, 5.41) is 1.02. The Bertz CT molecular complexity index is 355. The number of amides is 1. The van der Waals surface area contributed by atoms with Crippen molar-refractivity contribution < 1.29 is 4.79 Å². The number of aromatic nitrogens is 1. The van der Waals surface area contributed by atoms with E-state index in [4.69, 9.17) is 0 Å². The van der Waals surface area contributed by atoms with E-state index >= 15 is 0 Å². The van der Waals surface area contributed by atoms with Gasteiger partial charge in [0.15, 0.2) is 0 Å². The molecule has 2 heterocycles. The second kappa shape index (κ2) is 5.43. The Balaban J connectivity index is 1.97. The van der Waals surface area contributed by atoms with E-state index in [2.05, 4.69) is 20.9 Å². The zero-order valence-electron chi connectivity index (χ0n) is 9.10. The second-order valence-electron chi connectivity index (χ2n) is 4.13. The van der Waals surface area contributed by atoms with Crippen LogP contribution in [0, 0.1) is 5.92 Å². The Hall–Kier alpha value is -0.900. The first-order valence-electron chi connectivity index (χ1n) is 5.56. The van der Waals surface area contributed by atoms with Crippen LogP contribution in [-0.2, 0) is 0 Å². The van der Waals surface area contributed by atoms with Crippen molar-refractivity contribution in [2.75, 3.05) is 18.4 Å². The topological polar surface area (TPSA) is 33.2 Å². The normalized spacial score (nSPS) is 20.1. The summed E-state index contributed by atoms with van der Waals surface area (Å²) in [4.78, 5) is 18.0. The Morgan fingerprint density at radius 1 is 1.62 bits per heavy atom. The van der Waals surface area contributed by atoms with Gasteiger partial charge in [-0.05, 0) is 30.9 Å². The van der Waals surface area contributed by atoms with E-state index in [0.717, 1.165) is 31.3 Å². The van der Waals surface area contributed by atoms with Gasteiger partial charge in [0.25, 0.3) is 5.91 Å². The average Bonchev–Trinajstić information content (AvgIpc) is 2.78. The molecule has 1 aliphatic rings. The molecule has 1 aromatic heterocycles. The van der Waals surface area contributed by atoms with E-state index in [1.807, 2.05) is 11.0 Å². The molecule has 0 spiro atoms. The number of pyridine rings is 1. The third-order valence-corrected chi connectivity index (χ3v) is 3.46. The molecule has 1 saturated heterocycles. The Morgan fingerprint density at radius 3 is 3.19 bits per heavy atom. The molecule has 86 valence electrons. The SMILES string of the molecule is O=C(c1cccnc1)N1CCC(CCBr)C1. The number of carbonyl (C=O) groups is 1. The van der Waals surface area contributed by atoms with E-state index < -0.39 is 0 Å². The third kappa shape index (κ3) is 2.61. The molecule has 1 atom stereocenters. The minimum absolute atomic E-state index is 0.116. The Labute approximate surface area is 104 Å². The van der Waals surface area contributed by atoms with Crippen molar-refractivity contribution in [3.05, 3.63) is 30.1 Å². The summed E-state index contributed by atoms with van der Waals surface area (Å²) >= 11 is 3.45. The van der Waals surface area contributed by atoms with Crippen molar-refractivity contribution in [3.63, 3.8) is 0 Å². The summed E-state index contributed by atoms with van der Waals surface area (Å²) in [6.45, 7) is 1.77. The van der Waals surface area contributed by atoms with Crippen molar-refractivity contribution in [1.29, 1.82) is 0 Å². The summed E-state index contributed by atoms with van der Waals surface area (Å²) in [6.07, 6.45) is 5.60. The number of carbonyl (C=O) groups excluding carboxylic acids is 1. The van der Waals surface area contributed by atoms with Crippen LogP contribution >= 0.6 is 15.9 Å². The Kier molecular flexibility index (Phi) is 3.93. The van der Waals surface area contributed by atoms with Crippen LogP contribution in [0.3, 0.4) is 0 Å². The van der Waals surface area contributed by atoms with Gasteiger partial charge in [-0.1, -0.05) is 15.9 Å². The number of hydrogen-bond acceptors (Lipinski definition) is 2. The summed E-state index contributed by atoms with van der Waals surface area (Å²) in [7, 11) is 0. The first-order chi connectivity index (χ1) is 7.81. The van der Waals surface area contributed by atoms with Crippen LogP contribution in [0.5, 0.6) is 0 Å². The number of rotatable bonds is 3. The molecule has 0 aliphatic carbocycles. The first kappa shape index (κ1) is 11.6. The molecule has 0 N–H and O–H groups in total. The lowest BCUT2D eigenvalue weighted by Crippen LogP contribution is -2.28. The number of halogens is 1. The second-order valence-corrected chi connectivity index (χ2v) is 4.92. The fourth-order valence-corrected chi connectivity index (χ4v) is 2.73. The minimum Gasteiger partial charge on any atom is -0.338 e. The summed E-state index contributed by atoms with van der Waals surface area (Å²) in [6, 6.07) is 3.63. The highest BCUT2D eigenvalue weighted by molar-refractivity contribution is 9.09. The molecule has 16 heavy (non-hydrogen) atoms. The van der Waals surface area contributed by atoms with Crippen LogP contribution in [0.2, 0.25) is 0 Å². The zero-order valence-corrected chi connectivity index (χ0v) is 10.7. The zero-order chi connectivity index (χ0) is 11.4. The summed E-state index contributed by atoms with van der Waals surface area (Å²) in [5.41, 5.74) is 0.696. The smallest absolute Gasteiger partial charge is 0.255 e. The van der Waals surface area contributed by atoms with Gasteiger partial charge in [-0.25, -0.2) is 0 Å². The highest BCUT2D eigenvalue weighted by Crippen LogP contribution is 2.21. The predicted octanol–water partition coefficient (Wildman–Crippen LogP) is 2.33. The molecule has 3 nitrogen and oxygen atoms in total. The van der Waals surface area contributed by atoms with Crippen molar-refractivity contribution >= 4 is 21.8 Å². The highest BCUT2D eigenvalue weighted by Gasteiger charge is 2.26. The van der Waals surface area contributed by atoms with Crippen molar-refractivity contribution in [3.8, 4) is 0 Å². The van der Waals surface area contributed by atoms with Gasteiger partial charge in [0.1, 0.15) is 0 Å². The van der Waals surface area contributed by atoms with E-state index in [1.54, 1.807) is 18.5 Å². The lowest BCUT2D eigenvalue weighted by Gasteiger charge is -2.16. The fraction of sp³-hybridized carbons (Fsp3) is 0.500. The van der Waals surface area contributed by atoms with Crippen LogP contribution in [0.1, 0.15) is 23.2 Å². The highest BCUT2D eigenvalue weighted by atomic mass is 79.9.